The molecular formula is C7H8O3. The average Bonchev–Trinajstić information content (AvgIpc) is 2.15. The molecule has 0 aromatic heterocycles. The van der Waals surface area contributed by atoms with Gasteiger partial charge in [-0.3, -0.25) is 4.79 Å². The summed E-state index contributed by atoms with van der Waals surface area (Å²) in [5, 5.41) is 17.3. The molecule has 0 fully saturated rings. The van der Waals surface area contributed by atoms with Gasteiger partial charge < -0.3 is 10.2 Å². The molecule has 0 aromatic rings. The van der Waals surface area contributed by atoms with Crippen LogP contribution >= 0.6 is 0 Å². The smallest absolute Gasteiger partial charge is 0.307 e. The van der Waals surface area contributed by atoms with Crippen LogP contribution in [0.4, 0.5) is 0 Å². The minimum Gasteiger partial charge on any atom is -0.481 e. The summed E-state index contributed by atoms with van der Waals surface area (Å²) in [6.45, 7) is 0. The van der Waals surface area contributed by atoms with E-state index in [1.807, 2.05) is 0 Å². The number of carbonyl (C=O) groups is 1. The maximum absolute atomic E-state index is 10.1. The molecule has 54 valence electrons. The Bertz CT molecular complexity index is 203. The summed E-state index contributed by atoms with van der Waals surface area (Å²) in [5.74, 6) is -0.908. The second-order valence-electron chi connectivity index (χ2n) is 2.14. The van der Waals surface area contributed by atoms with Gasteiger partial charge in [0.15, 0.2) is 0 Å². The molecule has 10 heavy (non-hydrogen) atoms. The van der Waals surface area contributed by atoms with E-state index in [1.54, 1.807) is 18.2 Å². The molecule has 1 aliphatic rings. The predicted octanol–water partition coefficient (Wildman–Crippen LogP) is 0.318. The number of rotatable bonds is 2. The average molecular weight is 140 g/mol. The number of hydrogen-bond donors (Lipinski definition) is 2. The normalized spacial score (nSPS) is 22.9. The molecule has 0 saturated carbocycles. The van der Waals surface area contributed by atoms with E-state index < -0.39 is 12.1 Å². The van der Waals surface area contributed by atoms with Crippen molar-refractivity contribution in [1.82, 2.24) is 0 Å². The van der Waals surface area contributed by atoms with E-state index in [0.717, 1.165) is 0 Å². The van der Waals surface area contributed by atoms with Gasteiger partial charge in [-0.2, -0.15) is 0 Å². The summed E-state index contributed by atoms with van der Waals surface area (Å²) in [4.78, 5) is 10.1. The fourth-order valence-corrected chi connectivity index (χ4v) is 0.845. The molecule has 0 spiro atoms. The number of aliphatic hydroxyl groups is 1. The minimum atomic E-state index is -0.908. The molecule has 0 bridgehead atoms. The van der Waals surface area contributed by atoms with Crippen LogP contribution in [0.1, 0.15) is 6.42 Å². The van der Waals surface area contributed by atoms with Gasteiger partial charge in [-0.05, 0) is 5.57 Å². The van der Waals surface area contributed by atoms with Crippen LogP contribution in [0, 0.1) is 0 Å². The first-order chi connectivity index (χ1) is 4.70. The first-order valence-corrected chi connectivity index (χ1v) is 2.97. The van der Waals surface area contributed by atoms with E-state index in [2.05, 4.69) is 0 Å². The van der Waals surface area contributed by atoms with Crippen molar-refractivity contribution < 1.29 is 15.0 Å². The van der Waals surface area contributed by atoms with E-state index in [1.165, 1.54) is 0 Å². The summed E-state index contributed by atoms with van der Waals surface area (Å²) in [7, 11) is 0. The number of allylic oxidation sites excluding steroid dienone is 2. The molecule has 0 amide bonds. The zero-order chi connectivity index (χ0) is 7.56. The minimum absolute atomic E-state index is 0.0752. The number of aliphatic hydroxyl groups excluding tert-OH is 1. The van der Waals surface area contributed by atoms with Crippen LogP contribution in [0.25, 0.3) is 0 Å². The van der Waals surface area contributed by atoms with Gasteiger partial charge in [0.25, 0.3) is 0 Å². The Morgan fingerprint density at radius 2 is 2.40 bits per heavy atom. The van der Waals surface area contributed by atoms with Crippen LogP contribution in [0.5, 0.6) is 0 Å². The topological polar surface area (TPSA) is 57.5 Å². The van der Waals surface area contributed by atoms with Crippen LogP contribution in [-0.4, -0.2) is 22.3 Å². The highest BCUT2D eigenvalue weighted by molar-refractivity contribution is 5.71. The van der Waals surface area contributed by atoms with E-state index in [9.17, 15) is 4.79 Å². The molecule has 0 saturated heterocycles. The van der Waals surface area contributed by atoms with Crippen LogP contribution in [0.15, 0.2) is 23.8 Å². The number of carboxylic acids is 1. The largest absolute Gasteiger partial charge is 0.481 e. The zero-order valence-corrected chi connectivity index (χ0v) is 5.32. The lowest BCUT2D eigenvalue weighted by Gasteiger charge is -2.02. The van der Waals surface area contributed by atoms with Gasteiger partial charge in [0.1, 0.15) is 0 Å². The van der Waals surface area contributed by atoms with Crippen molar-refractivity contribution in [2.45, 2.75) is 12.5 Å². The van der Waals surface area contributed by atoms with Crippen molar-refractivity contribution in [3.05, 3.63) is 23.8 Å². The number of aliphatic carboxylic acids is 1. The molecule has 2 N–H and O–H groups in total. The third kappa shape index (κ3) is 1.45. The molecule has 3 nitrogen and oxygen atoms in total. The Hall–Kier alpha value is -1.09. The summed E-state index contributed by atoms with van der Waals surface area (Å²) < 4.78 is 0. The van der Waals surface area contributed by atoms with Crippen LogP contribution in [0.3, 0.4) is 0 Å². The lowest BCUT2D eigenvalue weighted by Crippen LogP contribution is -2.07. The first kappa shape index (κ1) is 7.02. The monoisotopic (exact) mass is 140 g/mol. The number of hydrogen-bond acceptors (Lipinski definition) is 2. The second kappa shape index (κ2) is 2.66. The lowest BCUT2D eigenvalue weighted by molar-refractivity contribution is -0.136. The highest BCUT2D eigenvalue weighted by Crippen LogP contribution is 2.14. The van der Waals surface area contributed by atoms with Gasteiger partial charge >= 0.3 is 5.97 Å². The predicted molar refractivity (Wildman–Crippen MR) is 35.5 cm³/mol. The molecule has 0 heterocycles. The van der Waals surface area contributed by atoms with Crippen molar-refractivity contribution in [2.24, 2.45) is 0 Å². The van der Waals surface area contributed by atoms with Gasteiger partial charge in [0.2, 0.25) is 0 Å². The van der Waals surface area contributed by atoms with Crippen molar-refractivity contribution in [3.63, 3.8) is 0 Å². The summed E-state index contributed by atoms with van der Waals surface area (Å²) in [5.41, 5.74) is 0.549. The van der Waals surface area contributed by atoms with Crippen molar-refractivity contribution >= 4 is 5.97 Å². The highest BCUT2D eigenvalue weighted by Gasteiger charge is 2.13. The van der Waals surface area contributed by atoms with Gasteiger partial charge in [0, 0.05) is 0 Å². The van der Waals surface area contributed by atoms with Crippen LogP contribution in [-0.2, 0) is 4.79 Å². The highest BCUT2D eigenvalue weighted by atomic mass is 16.4. The molecule has 0 radical (unpaired) electrons. The Morgan fingerprint density at radius 1 is 1.70 bits per heavy atom. The molecule has 0 aromatic carbocycles. The van der Waals surface area contributed by atoms with Gasteiger partial charge in [-0.15, -0.1) is 0 Å². The van der Waals surface area contributed by atoms with Crippen molar-refractivity contribution in [3.8, 4) is 0 Å². The maximum atomic E-state index is 10.1. The Morgan fingerprint density at radius 3 is 2.80 bits per heavy atom. The SMILES string of the molecule is O=C(O)CC1=CC=CC1O. The quantitative estimate of drug-likeness (QED) is 0.580. The molecule has 1 aliphatic carbocycles. The molecule has 1 unspecified atom stereocenters. The van der Waals surface area contributed by atoms with E-state index in [4.69, 9.17) is 10.2 Å². The van der Waals surface area contributed by atoms with Crippen LogP contribution < -0.4 is 0 Å². The fourth-order valence-electron chi connectivity index (χ4n) is 0.845. The summed E-state index contributed by atoms with van der Waals surface area (Å²) in [6.07, 6.45) is 4.07. The fraction of sp³-hybridized carbons (Fsp3) is 0.286. The van der Waals surface area contributed by atoms with Crippen molar-refractivity contribution in [2.75, 3.05) is 0 Å². The Kier molecular flexibility index (Phi) is 1.87. The molecule has 1 atom stereocenters. The number of carboxylic acid groups (broad SMARTS) is 1. The third-order valence-corrected chi connectivity index (χ3v) is 1.34. The standard InChI is InChI=1S/C7H8O3/c8-6-3-1-2-5(6)4-7(9)10/h1-3,6,8H,4H2,(H,9,10). The molecular weight excluding hydrogens is 132 g/mol. The molecule has 0 aliphatic heterocycles. The lowest BCUT2D eigenvalue weighted by atomic mass is 10.1. The van der Waals surface area contributed by atoms with E-state index in [0.29, 0.717) is 5.57 Å². The Labute approximate surface area is 58.3 Å². The van der Waals surface area contributed by atoms with Gasteiger partial charge in [-0.25, -0.2) is 0 Å². The second-order valence-corrected chi connectivity index (χ2v) is 2.14. The summed E-state index contributed by atoms with van der Waals surface area (Å²) in [6, 6.07) is 0. The zero-order valence-electron chi connectivity index (χ0n) is 5.32. The Balaban J connectivity index is 2.52. The molecule has 3 heteroatoms. The van der Waals surface area contributed by atoms with Gasteiger partial charge in [0.05, 0.1) is 12.5 Å². The molecule has 1 rings (SSSR count). The van der Waals surface area contributed by atoms with Crippen molar-refractivity contribution in [1.29, 1.82) is 0 Å². The van der Waals surface area contributed by atoms with Crippen LogP contribution in [0.2, 0.25) is 0 Å². The van der Waals surface area contributed by atoms with Gasteiger partial charge in [-0.1, -0.05) is 18.2 Å². The van der Waals surface area contributed by atoms with E-state index >= 15 is 0 Å². The van der Waals surface area contributed by atoms with E-state index in [-0.39, 0.29) is 6.42 Å². The summed E-state index contributed by atoms with van der Waals surface area (Å²) >= 11 is 0. The maximum Gasteiger partial charge on any atom is 0.307 e. The third-order valence-electron chi connectivity index (χ3n) is 1.34. The first-order valence-electron chi connectivity index (χ1n) is 2.97.